The molecule has 2 atom stereocenters. The van der Waals surface area contributed by atoms with Gasteiger partial charge in [0, 0.05) is 12.6 Å². The van der Waals surface area contributed by atoms with Gasteiger partial charge in [0.05, 0.1) is 0 Å². The molecule has 0 spiro atoms. The monoisotopic (exact) mass is 209 g/mol. The third-order valence-electron chi connectivity index (χ3n) is 3.08. The van der Waals surface area contributed by atoms with Gasteiger partial charge in [-0.2, -0.15) is 0 Å². The molecule has 1 aliphatic rings. The van der Waals surface area contributed by atoms with Crippen molar-refractivity contribution in [2.24, 2.45) is 0 Å². The van der Waals surface area contributed by atoms with E-state index in [4.69, 9.17) is 0 Å². The van der Waals surface area contributed by atoms with Crippen LogP contribution >= 0.6 is 0 Å². The van der Waals surface area contributed by atoms with E-state index in [0.29, 0.717) is 12.8 Å². The third kappa shape index (κ3) is 2.29. The predicted octanol–water partition coefficient (Wildman–Crippen LogP) is 2.50. The second-order valence-corrected chi connectivity index (χ2v) is 4.21. The van der Waals surface area contributed by atoms with Crippen LogP contribution in [0.1, 0.15) is 24.4 Å². The summed E-state index contributed by atoms with van der Waals surface area (Å²) in [5.41, 5.74) is 1.08. The summed E-state index contributed by atoms with van der Waals surface area (Å²) in [5.74, 6) is 0.258. The fraction of sp³-hybridized carbons (Fsp3) is 0.500. The lowest BCUT2D eigenvalue weighted by Gasteiger charge is -2.34. The van der Waals surface area contributed by atoms with Gasteiger partial charge in [-0.3, -0.25) is 4.90 Å². The van der Waals surface area contributed by atoms with E-state index < -0.39 is 6.17 Å². The minimum absolute atomic E-state index is 0.148. The van der Waals surface area contributed by atoms with Crippen LogP contribution in [0.4, 0.5) is 4.39 Å². The van der Waals surface area contributed by atoms with Crippen LogP contribution in [-0.4, -0.2) is 29.8 Å². The number of rotatable bonds is 1. The second-order valence-electron chi connectivity index (χ2n) is 4.21. The Balaban J connectivity index is 2.17. The van der Waals surface area contributed by atoms with E-state index in [-0.39, 0.29) is 11.8 Å². The standard InChI is InChI=1S/C12H16FNO/c1-14-7-6-10(13)8-12(14)9-2-4-11(15)5-3-9/h2-5,10,12,15H,6-8H2,1H3. The molecule has 1 heterocycles. The maximum Gasteiger partial charge on any atom is 0.115 e. The van der Waals surface area contributed by atoms with Gasteiger partial charge in [-0.25, -0.2) is 4.39 Å². The smallest absolute Gasteiger partial charge is 0.115 e. The molecule has 15 heavy (non-hydrogen) atoms. The summed E-state index contributed by atoms with van der Waals surface area (Å²) < 4.78 is 13.3. The fourth-order valence-electron chi connectivity index (χ4n) is 2.13. The predicted molar refractivity (Wildman–Crippen MR) is 57.6 cm³/mol. The molecule has 2 nitrogen and oxygen atoms in total. The van der Waals surface area contributed by atoms with E-state index in [9.17, 15) is 9.50 Å². The van der Waals surface area contributed by atoms with Crippen molar-refractivity contribution in [2.45, 2.75) is 25.1 Å². The molecule has 0 bridgehead atoms. The molecule has 1 N–H and O–H groups in total. The van der Waals surface area contributed by atoms with Crippen LogP contribution < -0.4 is 0 Å². The van der Waals surface area contributed by atoms with E-state index in [2.05, 4.69) is 4.90 Å². The molecule has 0 radical (unpaired) electrons. The number of alkyl halides is 1. The molecule has 1 saturated heterocycles. The summed E-state index contributed by atoms with van der Waals surface area (Å²) in [5, 5.41) is 9.19. The number of aromatic hydroxyl groups is 1. The Hall–Kier alpha value is -1.09. The largest absolute Gasteiger partial charge is 0.508 e. The van der Waals surface area contributed by atoms with Crippen LogP contribution in [0.3, 0.4) is 0 Å². The summed E-state index contributed by atoms with van der Waals surface area (Å²) in [7, 11) is 2.02. The van der Waals surface area contributed by atoms with Crippen molar-refractivity contribution < 1.29 is 9.50 Å². The molecule has 2 unspecified atom stereocenters. The maximum absolute atomic E-state index is 13.3. The zero-order valence-corrected chi connectivity index (χ0v) is 8.86. The number of piperidine rings is 1. The molecule has 1 fully saturated rings. The fourth-order valence-corrected chi connectivity index (χ4v) is 2.13. The molecule has 0 amide bonds. The van der Waals surface area contributed by atoms with Crippen LogP contribution in [-0.2, 0) is 0 Å². The number of nitrogens with zero attached hydrogens (tertiary/aromatic N) is 1. The average Bonchev–Trinajstić information content (AvgIpc) is 2.23. The second kappa shape index (κ2) is 4.19. The highest BCUT2D eigenvalue weighted by atomic mass is 19.1. The molecule has 2 rings (SSSR count). The summed E-state index contributed by atoms with van der Waals surface area (Å²) in [6.45, 7) is 0.798. The number of halogens is 1. The van der Waals surface area contributed by atoms with Crippen molar-refractivity contribution in [1.82, 2.24) is 4.90 Å². The molecule has 1 aliphatic heterocycles. The molecule has 0 saturated carbocycles. The van der Waals surface area contributed by atoms with Gasteiger partial charge < -0.3 is 5.11 Å². The highest BCUT2D eigenvalue weighted by Crippen LogP contribution is 2.31. The van der Waals surface area contributed by atoms with Gasteiger partial charge in [0.1, 0.15) is 11.9 Å². The van der Waals surface area contributed by atoms with E-state index in [0.717, 1.165) is 12.1 Å². The van der Waals surface area contributed by atoms with Crippen LogP contribution in [0.2, 0.25) is 0 Å². The molecule has 82 valence electrons. The van der Waals surface area contributed by atoms with E-state index >= 15 is 0 Å². The lowest BCUT2D eigenvalue weighted by atomic mass is 9.95. The minimum Gasteiger partial charge on any atom is -0.508 e. The Labute approximate surface area is 89.3 Å². The van der Waals surface area contributed by atoms with Gasteiger partial charge >= 0.3 is 0 Å². The van der Waals surface area contributed by atoms with Crippen molar-refractivity contribution in [3.8, 4) is 5.75 Å². The lowest BCUT2D eigenvalue weighted by Crippen LogP contribution is -2.34. The first-order chi connectivity index (χ1) is 7.16. The van der Waals surface area contributed by atoms with Crippen molar-refractivity contribution in [2.75, 3.05) is 13.6 Å². The van der Waals surface area contributed by atoms with Crippen molar-refractivity contribution in [3.63, 3.8) is 0 Å². The Morgan fingerprint density at radius 3 is 2.67 bits per heavy atom. The number of phenolic OH excluding ortho intramolecular Hbond substituents is 1. The first-order valence-corrected chi connectivity index (χ1v) is 5.30. The molecule has 1 aromatic carbocycles. The zero-order valence-electron chi connectivity index (χ0n) is 8.86. The SMILES string of the molecule is CN1CCC(F)CC1c1ccc(O)cc1. The van der Waals surface area contributed by atoms with Gasteiger partial charge in [0.25, 0.3) is 0 Å². The Morgan fingerprint density at radius 2 is 2.00 bits per heavy atom. The highest BCUT2D eigenvalue weighted by molar-refractivity contribution is 5.28. The summed E-state index contributed by atoms with van der Waals surface area (Å²) in [6.07, 6.45) is 0.492. The number of hydrogen-bond donors (Lipinski definition) is 1. The van der Waals surface area contributed by atoms with Crippen LogP contribution in [0.25, 0.3) is 0 Å². The maximum atomic E-state index is 13.3. The summed E-state index contributed by atoms with van der Waals surface area (Å²) in [4.78, 5) is 2.17. The van der Waals surface area contributed by atoms with Crippen molar-refractivity contribution in [1.29, 1.82) is 0 Å². The average molecular weight is 209 g/mol. The topological polar surface area (TPSA) is 23.5 Å². The Morgan fingerprint density at radius 1 is 1.33 bits per heavy atom. The van der Waals surface area contributed by atoms with Gasteiger partial charge in [-0.05, 0) is 37.6 Å². The van der Waals surface area contributed by atoms with Crippen molar-refractivity contribution in [3.05, 3.63) is 29.8 Å². The lowest BCUT2D eigenvalue weighted by molar-refractivity contribution is 0.114. The highest BCUT2D eigenvalue weighted by Gasteiger charge is 2.26. The normalized spacial score (nSPS) is 27.9. The van der Waals surface area contributed by atoms with E-state index in [1.807, 2.05) is 19.2 Å². The Kier molecular flexibility index (Phi) is 2.91. The van der Waals surface area contributed by atoms with E-state index in [1.54, 1.807) is 12.1 Å². The molecular weight excluding hydrogens is 193 g/mol. The third-order valence-corrected chi connectivity index (χ3v) is 3.08. The first kappa shape index (κ1) is 10.4. The van der Waals surface area contributed by atoms with Gasteiger partial charge in [0.2, 0.25) is 0 Å². The molecule has 0 aliphatic carbocycles. The number of likely N-dealkylation sites (tertiary alicyclic amines) is 1. The number of benzene rings is 1. The summed E-state index contributed by atoms with van der Waals surface area (Å²) in [6, 6.07) is 7.20. The van der Waals surface area contributed by atoms with Gasteiger partial charge in [-0.15, -0.1) is 0 Å². The van der Waals surface area contributed by atoms with Crippen LogP contribution in [0, 0.1) is 0 Å². The molecule has 3 heteroatoms. The number of hydrogen-bond acceptors (Lipinski definition) is 2. The molecule has 0 aromatic heterocycles. The van der Waals surface area contributed by atoms with Gasteiger partial charge in [-0.1, -0.05) is 12.1 Å². The number of phenols is 1. The molecular formula is C12H16FNO. The van der Waals surface area contributed by atoms with Crippen LogP contribution in [0.15, 0.2) is 24.3 Å². The Bertz CT molecular complexity index is 325. The minimum atomic E-state index is -0.694. The quantitative estimate of drug-likeness (QED) is 0.768. The summed E-state index contributed by atoms with van der Waals surface area (Å²) >= 11 is 0. The van der Waals surface area contributed by atoms with Crippen LogP contribution in [0.5, 0.6) is 5.75 Å². The first-order valence-electron chi connectivity index (χ1n) is 5.30. The van der Waals surface area contributed by atoms with E-state index in [1.165, 1.54) is 0 Å². The zero-order chi connectivity index (χ0) is 10.8. The van der Waals surface area contributed by atoms with Gasteiger partial charge in [0.15, 0.2) is 0 Å². The molecule has 1 aromatic rings. The van der Waals surface area contributed by atoms with Crippen molar-refractivity contribution >= 4 is 0 Å².